The SMILES string of the molecule is CCCCn1ccnc1Nc1ccn(C)n1. The zero-order valence-corrected chi connectivity index (χ0v) is 9.72. The Bertz CT molecular complexity index is 443. The predicted octanol–water partition coefficient (Wildman–Crippen LogP) is 2.16. The van der Waals surface area contributed by atoms with E-state index in [0.29, 0.717) is 0 Å². The van der Waals surface area contributed by atoms with E-state index in [1.165, 1.54) is 6.42 Å². The molecule has 0 aliphatic carbocycles. The fourth-order valence-corrected chi connectivity index (χ4v) is 1.54. The van der Waals surface area contributed by atoms with Crippen LogP contribution in [0.1, 0.15) is 19.8 Å². The molecule has 0 spiro atoms. The number of aryl methyl sites for hydroxylation is 2. The van der Waals surface area contributed by atoms with Gasteiger partial charge in [0.05, 0.1) is 0 Å². The number of rotatable bonds is 5. The standard InChI is InChI=1S/C11H17N5/c1-3-4-7-16-9-6-12-11(16)13-10-5-8-15(2)14-10/h5-6,8-9H,3-4,7H2,1-2H3,(H,12,13,14). The molecule has 1 N–H and O–H groups in total. The molecular formula is C11H17N5. The number of hydrogen-bond acceptors (Lipinski definition) is 3. The number of hydrogen-bond donors (Lipinski definition) is 1. The van der Waals surface area contributed by atoms with Gasteiger partial charge in [-0.1, -0.05) is 13.3 Å². The summed E-state index contributed by atoms with van der Waals surface area (Å²) >= 11 is 0. The Kier molecular flexibility index (Phi) is 3.24. The lowest BCUT2D eigenvalue weighted by molar-refractivity contribution is 0.637. The third-order valence-electron chi connectivity index (χ3n) is 2.42. The molecule has 0 aromatic carbocycles. The first-order chi connectivity index (χ1) is 7.79. The minimum absolute atomic E-state index is 0.825. The number of anilines is 2. The number of imidazole rings is 1. The highest BCUT2D eigenvalue weighted by Gasteiger charge is 2.03. The molecule has 5 heteroatoms. The average molecular weight is 219 g/mol. The quantitative estimate of drug-likeness (QED) is 0.838. The van der Waals surface area contributed by atoms with Crippen molar-refractivity contribution < 1.29 is 0 Å². The van der Waals surface area contributed by atoms with Gasteiger partial charge in [-0.25, -0.2) is 4.98 Å². The van der Waals surface area contributed by atoms with Crippen LogP contribution in [0, 0.1) is 0 Å². The maximum Gasteiger partial charge on any atom is 0.208 e. The van der Waals surface area contributed by atoms with Crippen molar-refractivity contribution in [2.45, 2.75) is 26.3 Å². The van der Waals surface area contributed by atoms with Crippen molar-refractivity contribution in [2.75, 3.05) is 5.32 Å². The molecule has 2 heterocycles. The second kappa shape index (κ2) is 4.83. The van der Waals surface area contributed by atoms with E-state index in [0.717, 1.165) is 24.7 Å². The van der Waals surface area contributed by atoms with Gasteiger partial charge in [-0.05, 0) is 6.42 Å². The molecule has 0 fully saturated rings. The van der Waals surface area contributed by atoms with Gasteiger partial charge in [0.2, 0.25) is 5.95 Å². The second-order valence-corrected chi connectivity index (χ2v) is 3.80. The Labute approximate surface area is 95.1 Å². The van der Waals surface area contributed by atoms with E-state index in [1.807, 2.05) is 25.5 Å². The molecule has 2 rings (SSSR count). The molecule has 0 aliphatic rings. The first-order valence-corrected chi connectivity index (χ1v) is 5.57. The Morgan fingerprint density at radius 2 is 2.25 bits per heavy atom. The summed E-state index contributed by atoms with van der Waals surface area (Å²) in [5.74, 6) is 1.68. The molecule has 0 saturated carbocycles. The van der Waals surface area contributed by atoms with E-state index in [1.54, 1.807) is 10.9 Å². The molecular weight excluding hydrogens is 202 g/mol. The lowest BCUT2D eigenvalue weighted by Gasteiger charge is -2.06. The monoisotopic (exact) mass is 219 g/mol. The zero-order chi connectivity index (χ0) is 11.4. The van der Waals surface area contributed by atoms with Crippen molar-refractivity contribution in [1.82, 2.24) is 19.3 Å². The highest BCUT2D eigenvalue weighted by atomic mass is 15.3. The molecule has 0 aliphatic heterocycles. The van der Waals surface area contributed by atoms with Crippen molar-refractivity contribution in [1.29, 1.82) is 0 Å². The molecule has 5 nitrogen and oxygen atoms in total. The summed E-state index contributed by atoms with van der Waals surface area (Å²) in [6.45, 7) is 3.18. The maximum absolute atomic E-state index is 4.28. The highest BCUT2D eigenvalue weighted by molar-refractivity contribution is 5.47. The third kappa shape index (κ3) is 2.42. The molecule has 0 unspecified atom stereocenters. The van der Waals surface area contributed by atoms with Gasteiger partial charge in [0.15, 0.2) is 5.82 Å². The Hall–Kier alpha value is -1.78. The first-order valence-electron chi connectivity index (χ1n) is 5.57. The van der Waals surface area contributed by atoms with Crippen molar-refractivity contribution in [3.05, 3.63) is 24.7 Å². The number of nitrogens with one attached hydrogen (secondary N) is 1. The zero-order valence-electron chi connectivity index (χ0n) is 9.72. The van der Waals surface area contributed by atoms with Crippen LogP contribution < -0.4 is 5.32 Å². The van der Waals surface area contributed by atoms with Gasteiger partial charge >= 0.3 is 0 Å². The lowest BCUT2D eigenvalue weighted by atomic mass is 10.3. The van der Waals surface area contributed by atoms with Crippen LogP contribution in [0.15, 0.2) is 24.7 Å². The van der Waals surface area contributed by atoms with E-state index < -0.39 is 0 Å². The summed E-state index contributed by atoms with van der Waals surface area (Å²) in [7, 11) is 1.90. The topological polar surface area (TPSA) is 47.7 Å². The van der Waals surface area contributed by atoms with Gasteiger partial charge in [0.25, 0.3) is 0 Å². The summed E-state index contributed by atoms with van der Waals surface area (Å²) in [5, 5.41) is 7.46. The lowest BCUT2D eigenvalue weighted by Crippen LogP contribution is -2.04. The smallest absolute Gasteiger partial charge is 0.208 e. The average Bonchev–Trinajstić information content (AvgIpc) is 2.86. The number of aromatic nitrogens is 4. The van der Waals surface area contributed by atoms with Crippen LogP contribution in [0.4, 0.5) is 11.8 Å². The summed E-state index contributed by atoms with van der Waals surface area (Å²) in [4.78, 5) is 4.28. The van der Waals surface area contributed by atoms with Crippen LogP contribution in [0.5, 0.6) is 0 Å². The van der Waals surface area contributed by atoms with Crippen LogP contribution in [-0.2, 0) is 13.6 Å². The van der Waals surface area contributed by atoms with Crippen molar-refractivity contribution >= 4 is 11.8 Å². The van der Waals surface area contributed by atoms with Gasteiger partial charge in [0, 0.05) is 38.2 Å². The summed E-state index contributed by atoms with van der Waals surface area (Å²) in [5.41, 5.74) is 0. The highest BCUT2D eigenvalue weighted by Crippen LogP contribution is 2.12. The molecule has 16 heavy (non-hydrogen) atoms. The van der Waals surface area contributed by atoms with Gasteiger partial charge < -0.3 is 9.88 Å². The maximum atomic E-state index is 4.28. The molecule has 2 aromatic rings. The number of nitrogens with zero attached hydrogens (tertiary/aromatic N) is 4. The van der Waals surface area contributed by atoms with Crippen LogP contribution in [0.3, 0.4) is 0 Å². The van der Waals surface area contributed by atoms with Gasteiger partial charge in [-0.15, -0.1) is 0 Å². The number of unbranched alkanes of at least 4 members (excludes halogenated alkanes) is 1. The van der Waals surface area contributed by atoms with E-state index in [4.69, 9.17) is 0 Å². The Morgan fingerprint density at radius 1 is 1.38 bits per heavy atom. The van der Waals surface area contributed by atoms with Crippen LogP contribution in [-0.4, -0.2) is 19.3 Å². The fraction of sp³-hybridized carbons (Fsp3) is 0.455. The van der Waals surface area contributed by atoms with Crippen molar-refractivity contribution in [3.8, 4) is 0 Å². The normalized spacial score (nSPS) is 10.6. The Balaban J connectivity index is 2.06. The van der Waals surface area contributed by atoms with Gasteiger partial charge in [0.1, 0.15) is 0 Å². The molecule has 86 valence electrons. The fourth-order valence-electron chi connectivity index (χ4n) is 1.54. The summed E-state index contributed by atoms with van der Waals surface area (Å²) in [6.07, 6.45) is 8.04. The van der Waals surface area contributed by atoms with E-state index >= 15 is 0 Å². The minimum atomic E-state index is 0.825. The van der Waals surface area contributed by atoms with Gasteiger partial charge in [-0.2, -0.15) is 5.10 Å². The van der Waals surface area contributed by atoms with Crippen molar-refractivity contribution in [3.63, 3.8) is 0 Å². The van der Waals surface area contributed by atoms with Crippen LogP contribution in [0.2, 0.25) is 0 Å². The largest absolute Gasteiger partial charge is 0.317 e. The summed E-state index contributed by atoms with van der Waals surface area (Å²) in [6, 6.07) is 1.93. The first kappa shape index (κ1) is 10.7. The van der Waals surface area contributed by atoms with Crippen molar-refractivity contribution in [2.24, 2.45) is 7.05 Å². The molecule has 0 atom stereocenters. The molecule has 0 amide bonds. The minimum Gasteiger partial charge on any atom is -0.317 e. The molecule has 0 radical (unpaired) electrons. The van der Waals surface area contributed by atoms with Crippen LogP contribution >= 0.6 is 0 Å². The molecule has 2 aromatic heterocycles. The summed E-state index contributed by atoms with van der Waals surface area (Å²) < 4.78 is 3.87. The molecule has 0 bridgehead atoms. The van der Waals surface area contributed by atoms with Gasteiger partial charge in [-0.3, -0.25) is 4.68 Å². The second-order valence-electron chi connectivity index (χ2n) is 3.80. The van der Waals surface area contributed by atoms with Crippen LogP contribution in [0.25, 0.3) is 0 Å². The van der Waals surface area contributed by atoms with E-state index in [2.05, 4.69) is 26.9 Å². The predicted molar refractivity (Wildman–Crippen MR) is 63.6 cm³/mol. The Morgan fingerprint density at radius 3 is 2.94 bits per heavy atom. The molecule has 0 saturated heterocycles. The van der Waals surface area contributed by atoms with E-state index in [9.17, 15) is 0 Å². The van der Waals surface area contributed by atoms with E-state index in [-0.39, 0.29) is 0 Å². The third-order valence-corrected chi connectivity index (χ3v) is 2.42.